The Morgan fingerprint density at radius 1 is 1.17 bits per heavy atom. The summed E-state index contributed by atoms with van der Waals surface area (Å²) in [5.74, 6) is 0. The molecule has 0 saturated carbocycles. The Kier molecular flexibility index (Phi) is 2.26. The van der Waals surface area contributed by atoms with Crippen molar-refractivity contribution >= 4 is 23.2 Å². The fraction of sp³-hybridized carbons (Fsp3) is 0.333. The van der Waals surface area contributed by atoms with Crippen molar-refractivity contribution < 1.29 is 0 Å². The summed E-state index contributed by atoms with van der Waals surface area (Å²) in [6.45, 7) is 1.09. The zero-order valence-electron chi connectivity index (χ0n) is 6.48. The average molecular weight is 202 g/mol. The molecule has 1 saturated heterocycles. The van der Waals surface area contributed by atoms with E-state index in [1.165, 1.54) is 12.0 Å². The van der Waals surface area contributed by atoms with E-state index in [1.807, 2.05) is 12.1 Å². The third kappa shape index (κ3) is 1.58. The van der Waals surface area contributed by atoms with Crippen LogP contribution < -0.4 is 5.32 Å². The Hall–Kier alpha value is -0.240. The summed E-state index contributed by atoms with van der Waals surface area (Å²) in [6.07, 6.45) is 1.18. The normalized spacial score (nSPS) is 22.0. The van der Waals surface area contributed by atoms with Crippen molar-refractivity contribution in [2.75, 3.05) is 6.54 Å². The van der Waals surface area contributed by atoms with Gasteiger partial charge in [-0.05, 0) is 36.7 Å². The van der Waals surface area contributed by atoms with Crippen LogP contribution in [-0.2, 0) is 0 Å². The molecule has 0 radical (unpaired) electrons. The largest absolute Gasteiger partial charge is 0.310 e. The Morgan fingerprint density at radius 3 is 2.17 bits per heavy atom. The molecule has 1 aliphatic rings. The quantitative estimate of drug-likeness (QED) is 0.737. The Labute approximate surface area is 81.7 Å². The fourth-order valence-corrected chi connectivity index (χ4v) is 1.89. The molecule has 1 fully saturated rings. The van der Waals surface area contributed by atoms with Gasteiger partial charge in [-0.1, -0.05) is 23.2 Å². The number of halogens is 2. The van der Waals surface area contributed by atoms with Crippen molar-refractivity contribution in [1.29, 1.82) is 0 Å². The van der Waals surface area contributed by atoms with Crippen LogP contribution in [-0.4, -0.2) is 6.54 Å². The predicted octanol–water partition coefficient (Wildman–Crippen LogP) is 3.03. The van der Waals surface area contributed by atoms with Crippen LogP contribution in [0.4, 0.5) is 0 Å². The first-order valence-corrected chi connectivity index (χ1v) is 4.71. The first kappa shape index (κ1) is 8.36. The maximum absolute atomic E-state index is 5.86. The van der Waals surface area contributed by atoms with Gasteiger partial charge in [0.1, 0.15) is 0 Å². The van der Waals surface area contributed by atoms with Crippen LogP contribution in [0.1, 0.15) is 18.0 Å². The smallest absolute Gasteiger partial charge is 0.0424 e. The minimum absolute atomic E-state index is 0.459. The zero-order chi connectivity index (χ0) is 8.55. The molecule has 2 rings (SSSR count). The third-order valence-corrected chi connectivity index (χ3v) is 2.55. The van der Waals surface area contributed by atoms with E-state index in [0.29, 0.717) is 16.1 Å². The number of nitrogens with one attached hydrogen (secondary N) is 1. The molecule has 0 amide bonds. The molecule has 1 N–H and O–H groups in total. The number of benzene rings is 1. The van der Waals surface area contributed by atoms with Gasteiger partial charge in [-0.3, -0.25) is 0 Å². The van der Waals surface area contributed by atoms with Crippen LogP contribution in [0.5, 0.6) is 0 Å². The third-order valence-electron chi connectivity index (χ3n) is 2.11. The maximum atomic E-state index is 5.86. The molecule has 1 aromatic rings. The monoisotopic (exact) mass is 201 g/mol. The molecule has 3 heteroatoms. The Morgan fingerprint density at radius 2 is 1.75 bits per heavy atom. The second-order valence-electron chi connectivity index (χ2n) is 3.00. The SMILES string of the molecule is Clc1cc(Cl)cc(C2CCN2)c1. The van der Waals surface area contributed by atoms with Crippen molar-refractivity contribution in [3.8, 4) is 0 Å². The van der Waals surface area contributed by atoms with Crippen LogP contribution in [0.15, 0.2) is 18.2 Å². The minimum atomic E-state index is 0.459. The Bertz CT molecular complexity index is 274. The molecular weight excluding hydrogens is 193 g/mol. The summed E-state index contributed by atoms with van der Waals surface area (Å²) in [5.41, 5.74) is 1.19. The second kappa shape index (κ2) is 3.25. The molecule has 0 aromatic heterocycles. The van der Waals surface area contributed by atoms with Crippen LogP contribution in [0.2, 0.25) is 10.0 Å². The molecule has 1 aromatic carbocycles. The molecule has 64 valence electrons. The molecule has 1 atom stereocenters. The summed E-state index contributed by atoms with van der Waals surface area (Å²) in [6, 6.07) is 6.14. The fourth-order valence-electron chi connectivity index (χ4n) is 1.35. The van der Waals surface area contributed by atoms with Gasteiger partial charge in [0.2, 0.25) is 0 Å². The molecule has 1 aliphatic heterocycles. The van der Waals surface area contributed by atoms with E-state index in [4.69, 9.17) is 23.2 Å². The summed E-state index contributed by atoms with van der Waals surface area (Å²) in [4.78, 5) is 0. The minimum Gasteiger partial charge on any atom is -0.310 e. The summed E-state index contributed by atoms with van der Waals surface area (Å²) >= 11 is 11.7. The molecule has 0 aliphatic carbocycles. The van der Waals surface area contributed by atoms with E-state index in [0.717, 1.165) is 6.54 Å². The molecule has 1 unspecified atom stereocenters. The van der Waals surface area contributed by atoms with Crippen LogP contribution in [0, 0.1) is 0 Å². The van der Waals surface area contributed by atoms with Gasteiger partial charge < -0.3 is 5.32 Å². The number of hydrogen-bond acceptors (Lipinski definition) is 1. The molecule has 12 heavy (non-hydrogen) atoms. The molecule has 0 spiro atoms. The number of hydrogen-bond donors (Lipinski definition) is 1. The van der Waals surface area contributed by atoms with Gasteiger partial charge in [-0.25, -0.2) is 0 Å². The summed E-state index contributed by atoms with van der Waals surface area (Å²) in [7, 11) is 0. The van der Waals surface area contributed by atoms with Gasteiger partial charge in [0, 0.05) is 16.1 Å². The lowest BCUT2D eigenvalue weighted by molar-refractivity contribution is 0.383. The van der Waals surface area contributed by atoms with E-state index in [9.17, 15) is 0 Å². The first-order valence-electron chi connectivity index (χ1n) is 3.95. The van der Waals surface area contributed by atoms with Gasteiger partial charge >= 0.3 is 0 Å². The highest BCUT2D eigenvalue weighted by Crippen LogP contribution is 2.28. The van der Waals surface area contributed by atoms with E-state index in [2.05, 4.69) is 5.32 Å². The van der Waals surface area contributed by atoms with Crippen LogP contribution in [0.25, 0.3) is 0 Å². The Balaban J connectivity index is 2.30. The van der Waals surface area contributed by atoms with Crippen LogP contribution in [0.3, 0.4) is 0 Å². The molecule has 1 heterocycles. The highest BCUT2D eigenvalue weighted by molar-refractivity contribution is 6.34. The van der Waals surface area contributed by atoms with Gasteiger partial charge in [-0.15, -0.1) is 0 Å². The number of rotatable bonds is 1. The maximum Gasteiger partial charge on any atom is 0.0424 e. The van der Waals surface area contributed by atoms with Crippen LogP contribution >= 0.6 is 23.2 Å². The van der Waals surface area contributed by atoms with E-state index in [-0.39, 0.29) is 0 Å². The van der Waals surface area contributed by atoms with Gasteiger partial charge in [-0.2, -0.15) is 0 Å². The summed E-state index contributed by atoms with van der Waals surface area (Å²) in [5, 5.41) is 4.73. The van der Waals surface area contributed by atoms with Gasteiger partial charge in [0.15, 0.2) is 0 Å². The zero-order valence-corrected chi connectivity index (χ0v) is 7.99. The topological polar surface area (TPSA) is 12.0 Å². The standard InChI is InChI=1S/C9H9Cl2N/c10-7-3-6(4-8(11)5-7)9-1-2-12-9/h3-5,9,12H,1-2H2. The van der Waals surface area contributed by atoms with Gasteiger partial charge in [0.05, 0.1) is 0 Å². The van der Waals surface area contributed by atoms with E-state index in [1.54, 1.807) is 6.07 Å². The molecule has 1 nitrogen and oxygen atoms in total. The highest BCUT2D eigenvalue weighted by Gasteiger charge is 2.18. The summed E-state index contributed by atoms with van der Waals surface area (Å²) < 4.78 is 0. The highest BCUT2D eigenvalue weighted by atomic mass is 35.5. The van der Waals surface area contributed by atoms with Crippen molar-refractivity contribution in [3.05, 3.63) is 33.8 Å². The average Bonchev–Trinajstić information content (AvgIpc) is 1.79. The lowest BCUT2D eigenvalue weighted by atomic mass is 9.98. The lowest BCUT2D eigenvalue weighted by Crippen LogP contribution is -2.34. The van der Waals surface area contributed by atoms with Crippen molar-refractivity contribution in [2.24, 2.45) is 0 Å². The van der Waals surface area contributed by atoms with Gasteiger partial charge in [0.25, 0.3) is 0 Å². The van der Waals surface area contributed by atoms with Crippen molar-refractivity contribution in [3.63, 3.8) is 0 Å². The second-order valence-corrected chi connectivity index (χ2v) is 3.87. The van der Waals surface area contributed by atoms with E-state index >= 15 is 0 Å². The first-order chi connectivity index (χ1) is 5.75. The van der Waals surface area contributed by atoms with Crippen molar-refractivity contribution in [1.82, 2.24) is 5.32 Å². The molecule has 0 bridgehead atoms. The van der Waals surface area contributed by atoms with Crippen molar-refractivity contribution in [2.45, 2.75) is 12.5 Å². The van der Waals surface area contributed by atoms with E-state index < -0.39 is 0 Å². The molecular formula is C9H9Cl2N. The lowest BCUT2D eigenvalue weighted by Gasteiger charge is -2.28. The predicted molar refractivity (Wildman–Crippen MR) is 51.8 cm³/mol.